The molecule has 1 atom stereocenters. The standard InChI is InChI=1S/C14H23N/c1-12(2)10-14(11-15(3)4)13-8-6-5-7-9-13/h5-9,12,14H,10-11H2,1-4H3/t14-/m1/s1. The Kier molecular flexibility index (Phi) is 4.83. The summed E-state index contributed by atoms with van der Waals surface area (Å²) in [5.41, 5.74) is 1.47. The van der Waals surface area contributed by atoms with Crippen LogP contribution in [0.25, 0.3) is 0 Å². The molecule has 0 heterocycles. The summed E-state index contributed by atoms with van der Waals surface area (Å²) < 4.78 is 0. The lowest BCUT2D eigenvalue weighted by Crippen LogP contribution is -2.21. The second-order valence-corrected chi connectivity index (χ2v) is 5.00. The first-order chi connectivity index (χ1) is 7.09. The lowest BCUT2D eigenvalue weighted by Gasteiger charge is -2.23. The zero-order valence-corrected chi connectivity index (χ0v) is 10.4. The van der Waals surface area contributed by atoms with E-state index in [-0.39, 0.29) is 0 Å². The fourth-order valence-electron chi connectivity index (χ4n) is 2.05. The Hall–Kier alpha value is -0.820. The van der Waals surface area contributed by atoms with Gasteiger partial charge in [0.25, 0.3) is 0 Å². The molecule has 1 aromatic rings. The molecule has 1 nitrogen and oxygen atoms in total. The van der Waals surface area contributed by atoms with Crippen LogP contribution in [0.4, 0.5) is 0 Å². The van der Waals surface area contributed by atoms with E-state index in [0.29, 0.717) is 5.92 Å². The fourth-order valence-corrected chi connectivity index (χ4v) is 2.05. The third kappa shape index (κ3) is 4.48. The predicted octanol–water partition coefficient (Wildman–Crippen LogP) is 3.38. The summed E-state index contributed by atoms with van der Waals surface area (Å²) in [4.78, 5) is 2.28. The Morgan fingerprint density at radius 3 is 2.13 bits per heavy atom. The van der Waals surface area contributed by atoms with Gasteiger partial charge in [0.1, 0.15) is 0 Å². The molecule has 0 aromatic heterocycles. The van der Waals surface area contributed by atoms with Gasteiger partial charge in [0.15, 0.2) is 0 Å². The van der Waals surface area contributed by atoms with Crippen LogP contribution in [0.1, 0.15) is 31.7 Å². The van der Waals surface area contributed by atoms with Gasteiger partial charge in [-0.15, -0.1) is 0 Å². The highest BCUT2D eigenvalue weighted by Crippen LogP contribution is 2.23. The van der Waals surface area contributed by atoms with Crippen molar-refractivity contribution in [3.8, 4) is 0 Å². The summed E-state index contributed by atoms with van der Waals surface area (Å²) in [6.07, 6.45) is 1.27. The summed E-state index contributed by atoms with van der Waals surface area (Å²) in [6, 6.07) is 10.9. The lowest BCUT2D eigenvalue weighted by molar-refractivity contribution is 0.344. The topological polar surface area (TPSA) is 3.24 Å². The third-order valence-corrected chi connectivity index (χ3v) is 2.61. The average Bonchev–Trinajstić information content (AvgIpc) is 2.17. The number of hydrogen-bond donors (Lipinski definition) is 0. The normalized spacial score (nSPS) is 13.5. The summed E-state index contributed by atoms with van der Waals surface area (Å²) in [5.74, 6) is 1.43. The van der Waals surface area contributed by atoms with E-state index in [1.165, 1.54) is 12.0 Å². The molecule has 0 aliphatic carbocycles. The molecule has 1 rings (SSSR count). The number of benzene rings is 1. The molecule has 0 unspecified atom stereocenters. The maximum Gasteiger partial charge on any atom is 0.00443 e. The molecule has 0 N–H and O–H groups in total. The van der Waals surface area contributed by atoms with Gasteiger partial charge in [0, 0.05) is 6.54 Å². The van der Waals surface area contributed by atoms with Crippen molar-refractivity contribution in [2.45, 2.75) is 26.2 Å². The highest BCUT2D eigenvalue weighted by molar-refractivity contribution is 5.19. The minimum Gasteiger partial charge on any atom is -0.309 e. The third-order valence-electron chi connectivity index (χ3n) is 2.61. The van der Waals surface area contributed by atoms with Crippen molar-refractivity contribution in [2.75, 3.05) is 20.6 Å². The molecule has 0 spiro atoms. The van der Waals surface area contributed by atoms with Crippen LogP contribution in [0.5, 0.6) is 0 Å². The summed E-state index contributed by atoms with van der Waals surface area (Å²) in [6.45, 7) is 5.74. The van der Waals surface area contributed by atoms with E-state index in [1.807, 2.05) is 0 Å². The van der Waals surface area contributed by atoms with Crippen molar-refractivity contribution in [1.82, 2.24) is 4.90 Å². The van der Waals surface area contributed by atoms with Crippen molar-refractivity contribution in [3.05, 3.63) is 35.9 Å². The van der Waals surface area contributed by atoms with Gasteiger partial charge in [-0.3, -0.25) is 0 Å². The minimum atomic E-state index is 0.668. The molecule has 0 radical (unpaired) electrons. The number of likely N-dealkylation sites (N-methyl/N-ethyl adjacent to an activating group) is 1. The molecule has 1 aromatic carbocycles. The zero-order valence-electron chi connectivity index (χ0n) is 10.4. The van der Waals surface area contributed by atoms with Crippen molar-refractivity contribution >= 4 is 0 Å². The highest BCUT2D eigenvalue weighted by atomic mass is 15.1. The van der Waals surface area contributed by atoms with Gasteiger partial charge in [0.2, 0.25) is 0 Å². The average molecular weight is 205 g/mol. The van der Waals surface area contributed by atoms with Gasteiger partial charge in [0.05, 0.1) is 0 Å². The maximum absolute atomic E-state index is 2.30. The molecule has 0 bridgehead atoms. The smallest absolute Gasteiger partial charge is 0.00443 e. The molecule has 0 saturated heterocycles. The summed E-state index contributed by atoms with van der Waals surface area (Å²) in [5, 5.41) is 0. The summed E-state index contributed by atoms with van der Waals surface area (Å²) in [7, 11) is 4.30. The van der Waals surface area contributed by atoms with Crippen LogP contribution < -0.4 is 0 Å². The van der Waals surface area contributed by atoms with Gasteiger partial charge in [-0.2, -0.15) is 0 Å². The van der Waals surface area contributed by atoms with Crippen molar-refractivity contribution in [3.63, 3.8) is 0 Å². The summed E-state index contributed by atoms with van der Waals surface area (Å²) >= 11 is 0. The van der Waals surface area contributed by atoms with Gasteiger partial charge in [-0.05, 0) is 37.9 Å². The van der Waals surface area contributed by atoms with E-state index in [0.717, 1.165) is 12.5 Å². The Bertz CT molecular complexity index is 254. The SMILES string of the molecule is CC(C)C[C@H](CN(C)C)c1ccccc1. The van der Waals surface area contributed by atoms with Crippen LogP contribution in [0.15, 0.2) is 30.3 Å². The van der Waals surface area contributed by atoms with Crippen LogP contribution in [0, 0.1) is 5.92 Å². The Morgan fingerprint density at radius 2 is 1.67 bits per heavy atom. The van der Waals surface area contributed by atoms with E-state index in [4.69, 9.17) is 0 Å². The molecule has 84 valence electrons. The van der Waals surface area contributed by atoms with Gasteiger partial charge >= 0.3 is 0 Å². The largest absolute Gasteiger partial charge is 0.309 e. The molecular weight excluding hydrogens is 182 g/mol. The Balaban J connectivity index is 2.72. The van der Waals surface area contributed by atoms with Gasteiger partial charge in [-0.1, -0.05) is 44.2 Å². The van der Waals surface area contributed by atoms with Crippen LogP contribution in [-0.4, -0.2) is 25.5 Å². The van der Waals surface area contributed by atoms with Crippen molar-refractivity contribution < 1.29 is 0 Å². The molecule has 0 aliphatic heterocycles. The molecule has 15 heavy (non-hydrogen) atoms. The quantitative estimate of drug-likeness (QED) is 0.712. The lowest BCUT2D eigenvalue weighted by atomic mass is 9.90. The Morgan fingerprint density at radius 1 is 1.07 bits per heavy atom. The first-order valence-electron chi connectivity index (χ1n) is 5.79. The molecule has 0 aliphatic rings. The number of rotatable bonds is 5. The second kappa shape index (κ2) is 5.92. The molecule has 0 fully saturated rings. The highest BCUT2D eigenvalue weighted by Gasteiger charge is 2.13. The molecule has 1 heteroatoms. The fraction of sp³-hybridized carbons (Fsp3) is 0.571. The van der Waals surface area contributed by atoms with Crippen molar-refractivity contribution in [2.24, 2.45) is 5.92 Å². The van der Waals surface area contributed by atoms with Crippen molar-refractivity contribution in [1.29, 1.82) is 0 Å². The van der Waals surface area contributed by atoms with E-state index < -0.39 is 0 Å². The van der Waals surface area contributed by atoms with Gasteiger partial charge < -0.3 is 4.90 Å². The van der Waals surface area contributed by atoms with Gasteiger partial charge in [-0.25, -0.2) is 0 Å². The number of nitrogens with zero attached hydrogens (tertiary/aromatic N) is 1. The van der Waals surface area contributed by atoms with Crippen LogP contribution in [0.2, 0.25) is 0 Å². The van der Waals surface area contributed by atoms with E-state index >= 15 is 0 Å². The first kappa shape index (κ1) is 12.3. The molecular formula is C14H23N. The zero-order chi connectivity index (χ0) is 11.3. The second-order valence-electron chi connectivity index (χ2n) is 5.00. The van der Waals surface area contributed by atoms with Crippen LogP contribution in [0.3, 0.4) is 0 Å². The predicted molar refractivity (Wildman–Crippen MR) is 67.2 cm³/mol. The van der Waals surface area contributed by atoms with Crippen LogP contribution in [-0.2, 0) is 0 Å². The monoisotopic (exact) mass is 205 g/mol. The molecule has 0 amide bonds. The number of hydrogen-bond acceptors (Lipinski definition) is 1. The van der Waals surface area contributed by atoms with E-state index in [2.05, 4.69) is 63.2 Å². The van der Waals surface area contributed by atoms with E-state index in [9.17, 15) is 0 Å². The van der Waals surface area contributed by atoms with Crippen LogP contribution >= 0.6 is 0 Å². The molecule has 0 saturated carbocycles. The van der Waals surface area contributed by atoms with E-state index in [1.54, 1.807) is 0 Å². The Labute approximate surface area is 94.1 Å². The minimum absolute atomic E-state index is 0.668. The maximum atomic E-state index is 2.30. The first-order valence-corrected chi connectivity index (χ1v) is 5.79.